The molecular formula is C14H19NO2. The van der Waals surface area contributed by atoms with Crippen LogP contribution >= 0.6 is 0 Å². The molecule has 1 saturated carbocycles. The minimum absolute atomic E-state index is 0.0543. The zero-order valence-electron chi connectivity index (χ0n) is 9.98. The highest BCUT2D eigenvalue weighted by Gasteiger charge is 2.17. The number of hydrogen-bond donors (Lipinski definition) is 2. The van der Waals surface area contributed by atoms with Gasteiger partial charge in [0.15, 0.2) is 0 Å². The van der Waals surface area contributed by atoms with Crippen LogP contribution in [-0.2, 0) is 0 Å². The zero-order chi connectivity index (χ0) is 12.1. The van der Waals surface area contributed by atoms with Crippen molar-refractivity contribution in [1.29, 1.82) is 0 Å². The predicted molar refractivity (Wildman–Crippen MR) is 67.1 cm³/mol. The first-order chi connectivity index (χ1) is 8.27. The third-order valence-electron chi connectivity index (χ3n) is 3.34. The van der Waals surface area contributed by atoms with Crippen LogP contribution in [0.4, 0.5) is 0 Å². The summed E-state index contributed by atoms with van der Waals surface area (Å²) < 4.78 is 0. The molecule has 2 N–H and O–H groups in total. The molecule has 17 heavy (non-hydrogen) atoms. The van der Waals surface area contributed by atoms with E-state index in [-0.39, 0.29) is 17.7 Å². The summed E-state index contributed by atoms with van der Waals surface area (Å²) >= 11 is 0. The molecule has 2 rings (SSSR count). The molecule has 0 atom stereocenters. The Hall–Kier alpha value is -1.51. The Morgan fingerprint density at radius 3 is 2.41 bits per heavy atom. The highest BCUT2D eigenvalue weighted by Crippen LogP contribution is 2.19. The van der Waals surface area contributed by atoms with Crippen LogP contribution in [0.1, 0.15) is 48.9 Å². The molecule has 3 heteroatoms. The van der Waals surface area contributed by atoms with Gasteiger partial charge in [0.1, 0.15) is 5.75 Å². The number of rotatable bonds is 2. The lowest BCUT2D eigenvalue weighted by Crippen LogP contribution is -2.34. The van der Waals surface area contributed by atoms with E-state index in [1.807, 2.05) is 0 Å². The van der Waals surface area contributed by atoms with Gasteiger partial charge in [-0.3, -0.25) is 4.79 Å². The number of phenolic OH excluding ortho intramolecular Hbond substituents is 1. The van der Waals surface area contributed by atoms with Gasteiger partial charge in [0.2, 0.25) is 0 Å². The molecular weight excluding hydrogens is 214 g/mol. The summed E-state index contributed by atoms with van der Waals surface area (Å²) in [6, 6.07) is 6.95. The molecule has 0 bridgehead atoms. The van der Waals surface area contributed by atoms with E-state index in [1.54, 1.807) is 24.3 Å². The van der Waals surface area contributed by atoms with Crippen molar-refractivity contribution in [1.82, 2.24) is 5.32 Å². The molecule has 0 radical (unpaired) electrons. The fourth-order valence-electron chi connectivity index (χ4n) is 2.35. The number of amides is 1. The molecule has 92 valence electrons. The Morgan fingerprint density at radius 1 is 1.12 bits per heavy atom. The minimum atomic E-state index is -0.157. The summed E-state index contributed by atoms with van der Waals surface area (Å²) in [7, 11) is 0. The average Bonchev–Trinajstić information content (AvgIpc) is 2.58. The van der Waals surface area contributed by atoms with Crippen molar-refractivity contribution in [3.05, 3.63) is 29.8 Å². The van der Waals surface area contributed by atoms with Crippen molar-refractivity contribution < 1.29 is 9.90 Å². The number of phenols is 1. The molecule has 3 nitrogen and oxygen atoms in total. The summed E-state index contributed by atoms with van der Waals surface area (Å²) in [6.07, 6.45) is 7.02. The van der Waals surface area contributed by atoms with Crippen LogP contribution in [-0.4, -0.2) is 17.1 Å². The van der Waals surface area contributed by atoms with Gasteiger partial charge in [-0.1, -0.05) is 37.8 Å². The van der Waals surface area contributed by atoms with E-state index >= 15 is 0 Å². The summed E-state index contributed by atoms with van der Waals surface area (Å²) in [5.41, 5.74) is 0.372. The van der Waals surface area contributed by atoms with Gasteiger partial charge < -0.3 is 10.4 Å². The van der Waals surface area contributed by atoms with Gasteiger partial charge in [-0.05, 0) is 25.0 Å². The Kier molecular flexibility index (Phi) is 4.02. The summed E-state index contributed by atoms with van der Waals surface area (Å²) in [6.45, 7) is 0. The van der Waals surface area contributed by atoms with E-state index < -0.39 is 0 Å². The first-order valence-corrected chi connectivity index (χ1v) is 6.36. The number of aromatic hydroxyl groups is 1. The molecule has 0 saturated heterocycles. The van der Waals surface area contributed by atoms with Crippen molar-refractivity contribution in [3.8, 4) is 5.75 Å². The van der Waals surface area contributed by atoms with Crippen LogP contribution in [0.5, 0.6) is 5.75 Å². The Bertz CT molecular complexity index is 382. The maximum atomic E-state index is 12.0. The number of para-hydroxylation sites is 1. The Morgan fingerprint density at radius 2 is 1.76 bits per heavy atom. The third-order valence-corrected chi connectivity index (χ3v) is 3.34. The van der Waals surface area contributed by atoms with Gasteiger partial charge in [-0.2, -0.15) is 0 Å². The standard InChI is InChI=1S/C14H19NO2/c16-13-10-6-5-9-12(13)14(17)15-11-7-3-1-2-4-8-11/h5-6,9-11,16H,1-4,7-8H2,(H,15,17). The molecule has 1 fully saturated rings. The lowest BCUT2D eigenvalue weighted by molar-refractivity contribution is 0.0930. The summed E-state index contributed by atoms with van der Waals surface area (Å²) in [4.78, 5) is 12.0. The molecule has 1 aromatic rings. The largest absolute Gasteiger partial charge is 0.507 e. The zero-order valence-corrected chi connectivity index (χ0v) is 9.98. The van der Waals surface area contributed by atoms with Crippen LogP contribution in [0, 0.1) is 0 Å². The highest BCUT2D eigenvalue weighted by atomic mass is 16.3. The van der Waals surface area contributed by atoms with E-state index in [2.05, 4.69) is 5.32 Å². The van der Waals surface area contributed by atoms with Crippen molar-refractivity contribution in [2.45, 2.75) is 44.6 Å². The fourth-order valence-corrected chi connectivity index (χ4v) is 2.35. The number of benzene rings is 1. The SMILES string of the molecule is O=C(NC1CCCCCC1)c1ccccc1O. The van der Waals surface area contributed by atoms with Crippen molar-refractivity contribution in [3.63, 3.8) is 0 Å². The van der Waals surface area contributed by atoms with Gasteiger partial charge in [-0.25, -0.2) is 0 Å². The van der Waals surface area contributed by atoms with Gasteiger partial charge in [0.05, 0.1) is 5.56 Å². The molecule has 1 amide bonds. The van der Waals surface area contributed by atoms with Crippen LogP contribution < -0.4 is 5.32 Å². The summed E-state index contributed by atoms with van der Waals surface area (Å²) in [5.74, 6) is -0.103. The van der Waals surface area contributed by atoms with E-state index in [1.165, 1.54) is 25.7 Å². The number of carbonyl (C=O) groups is 1. The quantitative estimate of drug-likeness (QED) is 0.772. The van der Waals surface area contributed by atoms with Crippen molar-refractivity contribution >= 4 is 5.91 Å². The highest BCUT2D eigenvalue weighted by molar-refractivity contribution is 5.96. The second-order valence-corrected chi connectivity index (χ2v) is 4.68. The monoisotopic (exact) mass is 233 g/mol. The Labute approximate surface area is 102 Å². The van der Waals surface area contributed by atoms with Crippen molar-refractivity contribution in [2.24, 2.45) is 0 Å². The number of nitrogens with one attached hydrogen (secondary N) is 1. The van der Waals surface area contributed by atoms with Gasteiger partial charge in [0, 0.05) is 6.04 Å². The molecule has 0 aliphatic heterocycles. The van der Waals surface area contributed by atoms with Gasteiger partial charge in [-0.15, -0.1) is 0 Å². The van der Waals surface area contributed by atoms with Gasteiger partial charge >= 0.3 is 0 Å². The molecule has 1 aliphatic carbocycles. The molecule has 0 heterocycles. The molecule has 0 aromatic heterocycles. The second-order valence-electron chi connectivity index (χ2n) is 4.68. The second kappa shape index (κ2) is 5.71. The van der Waals surface area contributed by atoms with E-state index in [9.17, 15) is 9.90 Å². The average molecular weight is 233 g/mol. The lowest BCUT2D eigenvalue weighted by Gasteiger charge is -2.16. The molecule has 1 aromatic carbocycles. The van der Waals surface area contributed by atoms with Gasteiger partial charge in [0.25, 0.3) is 5.91 Å². The van der Waals surface area contributed by atoms with Crippen LogP contribution in [0.25, 0.3) is 0 Å². The maximum absolute atomic E-state index is 12.0. The number of carbonyl (C=O) groups excluding carboxylic acids is 1. The van der Waals surface area contributed by atoms with E-state index in [0.29, 0.717) is 5.56 Å². The van der Waals surface area contributed by atoms with E-state index in [4.69, 9.17) is 0 Å². The first-order valence-electron chi connectivity index (χ1n) is 6.36. The normalized spacial score (nSPS) is 17.4. The molecule has 0 spiro atoms. The lowest BCUT2D eigenvalue weighted by atomic mass is 10.1. The van der Waals surface area contributed by atoms with Crippen LogP contribution in [0.2, 0.25) is 0 Å². The van der Waals surface area contributed by atoms with Crippen LogP contribution in [0.15, 0.2) is 24.3 Å². The topological polar surface area (TPSA) is 49.3 Å². The summed E-state index contributed by atoms with van der Waals surface area (Å²) in [5, 5.41) is 12.6. The van der Waals surface area contributed by atoms with Crippen LogP contribution in [0.3, 0.4) is 0 Å². The van der Waals surface area contributed by atoms with E-state index in [0.717, 1.165) is 12.8 Å². The Balaban J connectivity index is 1.98. The number of hydrogen-bond acceptors (Lipinski definition) is 2. The maximum Gasteiger partial charge on any atom is 0.255 e. The molecule has 0 unspecified atom stereocenters. The first kappa shape index (κ1) is 12.0. The van der Waals surface area contributed by atoms with Crippen molar-refractivity contribution in [2.75, 3.05) is 0 Å². The predicted octanol–water partition coefficient (Wildman–Crippen LogP) is 2.84. The fraction of sp³-hybridized carbons (Fsp3) is 0.500. The smallest absolute Gasteiger partial charge is 0.255 e. The third kappa shape index (κ3) is 3.22. The minimum Gasteiger partial charge on any atom is -0.507 e. The molecule has 1 aliphatic rings.